The third-order valence-electron chi connectivity index (χ3n) is 5.97. The molecule has 8 heteroatoms. The van der Waals surface area contributed by atoms with E-state index in [0.717, 1.165) is 22.3 Å². The largest absolute Gasteiger partial charge is 0.280 e. The Labute approximate surface area is 196 Å². The van der Waals surface area contributed by atoms with Gasteiger partial charge in [-0.15, -0.1) is 0 Å². The molecule has 0 saturated carbocycles. The molecule has 0 atom stereocenters. The lowest BCUT2D eigenvalue weighted by Gasteiger charge is -2.28. The highest BCUT2D eigenvalue weighted by Crippen LogP contribution is 2.29. The number of hydrogen-bond acceptors (Lipinski definition) is 4. The van der Waals surface area contributed by atoms with Gasteiger partial charge in [0.1, 0.15) is 0 Å². The van der Waals surface area contributed by atoms with Gasteiger partial charge in [0.15, 0.2) is 0 Å². The molecule has 0 unspecified atom stereocenters. The van der Waals surface area contributed by atoms with Gasteiger partial charge in [0.05, 0.1) is 9.79 Å². The first-order valence-corrected chi connectivity index (χ1v) is 13.7. The van der Waals surface area contributed by atoms with E-state index in [9.17, 15) is 16.8 Å². The summed E-state index contributed by atoms with van der Waals surface area (Å²) in [5.74, 6) is 0. The molecule has 1 aliphatic heterocycles. The van der Waals surface area contributed by atoms with Crippen LogP contribution in [-0.2, 0) is 33.0 Å². The van der Waals surface area contributed by atoms with Gasteiger partial charge in [-0.2, -0.15) is 4.31 Å². The number of nitrogens with zero attached hydrogens (tertiary/aromatic N) is 1. The highest BCUT2D eigenvalue weighted by atomic mass is 32.2. The Balaban J connectivity index is 1.61. The highest BCUT2D eigenvalue weighted by molar-refractivity contribution is 7.92. The average molecular weight is 485 g/mol. The van der Waals surface area contributed by atoms with Crippen LogP contribution in [0.1, 0.15) is 33.4 Å². The summed E-state index contributed by atoms with van der Waals surface area (Å²) in [6.07, 6.45) is 0.573. The first kappa shape index (κ1) is 23.5. The molecular formula is C25H28N2O4S2. The molecule has 0 saturated heterocycles. The minimum absolute atomic E-state index is 0.198. The number of aryl methyl sites for hydroxylation is 4. The first-order chi connectivity index (χ1) is 15.5. The van der Waals surface area contributed by atoms with Crippen LogP contribution in [0.25, 0.3) is 0 Å². The Bertz CT molecular complexity index is 1400. The van der Waals surface area contributed by atoms with E-state index >= 15 is 0 Å². The lowest BCUT2D eigenvalue weighted by molar-refractivity contribution is 0.391. The van der Waals surface area contributed by atoms with E-state index in [1.807, 2.05) is 32.0 Å². The molecule has 0 spiro atoms. The van der Waals surface area contributed by atoms with Crippen LogP contribution in [0, 0.1) is 27.7 Å². The van der Waals surface area contributed by atoms with E-state index in [4.69, 9.17) is 0 Å². The van der Waals surface area contributed by atoms with Gasteiger partial charge in [0.2, 0.25) is 10.0 Å². The molecule has 0 fully saturated rings. The van der Waals surface area contributed by atoms with Crippen LogP contribution in [0.5, 0.6) is 0 Å². The minimum Gasteiger partial charge on any atom is -0.280 e. The zero-order valence-electron chi connectivity index (χ0n) is 19.2. The summed E-state index contributed by atoms with van der Waals surface area (Å²) in [7, 11) is -7.42. The molecule has 0 aliphatic carbocycles. The van der Waals surface area contributed by atoms with Crippen LogP contribution in [0.2, 0.25) is 0 Å². The molecule has 0 bridgehead atoms. The lowest BCUT2D eigenvalue weighted by Crippen LogP contribution is -2.36. The van der Waals surface area contributed by atoms with Gasteiger partial charge in [0.25, 0.3) is 10.0 Å². The van der Waals surface area contributed by atoms with Crippen LogP contribution < -0.4 is 4.72 Å². The summed E-state index contributed by atoms with van der Waals surface area (Å²) in [5.41, 5.74) is 5.62. The Kier molecular flexibility index (Phi) is 6.11. The standard InChI is InChI=1S/C25H28N2O4S2/c1-17-5-9-24(10-6-17)33(30,31)27-12-11-21-7-8-23(15-22(21)16-27)26-32(28,29)25-19(3)13-18(2)14-20(25)4/h5-10,13-15,26H,11-12,16H2,1-4H3. The van der Waals surface area contributed by atoms with Crippen molar-refractivity contribution < 1.29 is 16.8 Å². The Hall–Kier alpha value is -2.68. The number of rotatable bonds is 5. The number of sulfonamides is 2. The summed E-state index contributed by atoms with van der Waals surface area (Å²) in [6.45, 7) is 8.00. The van der Waals surface area contributed by atoms with E-state index < -0.39 is 20.0 Å². The van der Waals surface area contributed by atoms with Crippen molar-refractivity contribution in [1.82, 2.24) is 4.31 Å². The van der Waals surface area contributed by atoms with E-state index in [0.29, 0.717) is 29.8 Å². The molecule has 1 N–H and O–H groups in total. The predicted octanol–water partition coefficient (Wildman–Crippen LogP) is 4.47. The molecule has 1 heterocycles. The normalized spacial score (nSPS) is 14.7. The van der Waals surface area contributed by atoms with Crippen LogP contribution in [-0.4, -0.2) is 27.7 Å². The van der Waals surface area contributed by atoms with E-state index in [2.05, 4.69) is 4.72 Å². The molecule has 3 aromatic rings. The van der Waals surface area contributed by atoms with Gasteiger partial charge < -0.3 is 0 Å². The highest BCUT2D eigenvalue weighted by Gasteiger charge is 2.29. The summed E-state index contributed by atoms with van der Waals surface area (Å²) < 4.78 is 56.7. The van der Waals surface area contributed by atoms with Crippen molar-refractivity contribution in [1.29, 1.82) is 0 Å². The lowest BCUT2D eigenvalue weighted by atomic mass is 10.0. The van der Waals surface area contributed by atoms with Gasteiger partial charge >= 0.3 is 0 Å². The topological polar surface area (TPSA) is 83.6 Å². The number of benzene rings is 3. The average Bonchev–Trinajstić information content (AvgIpc) is 2.72. The zero-order chi connectivity index (χ0) is 24.0. The van der Waals surface area contributed by atoms with Crippen LogP contribution >= 0.6 is 0 Å². The van der Waals surface area contributed by atoms with Gasteiger partial charge in [-0.05, 0) is 80.6 Å². The van der Waals surface area contributed by atoms with Crippen LogP contribution in [0.4, 0.5) is 5.69 Å². The van der Waals surface area contributed by atoms with Crippen molar-refractivity contribution in [2.45, 2.75) is 50.5 Å². The van der Waals surface area contributed by atoms with Crippen molar-refractivity contribution in [3.8, 4) is 0 Å². The second-order valence-corrected chi connectivity index (χ2v) is 12.3. The quantitative estimate of drug-likeness (QED) is 0.579. The molecule has 6 nitrogen and oxygen atoms in total. The fourth-order valence-electron chi connectivity index (χ4n) is 4.46. The molecule has 174 valence electrons. The SMILES string of the molecule is Cc1ccc(S(=O)(=O)N2CCc3ccc(NS(=O)(=O)c4c(C)cc(C)cc4C)cc3C2)cc1. The Morgan fingerprint density at radius 1 is 0.758 bits per heavy atom. The third kappa shape index (κ3) is 4.69. The Morgan fingerprint density at radius 3 is 2.03 bits per heavy atom. The summed E-state index contributed by atoms with van der Waals surface area (Å²) in [4.78, 5) is 0.535. The summed E-state index contributed by atoms with van der Waals surface area (Å²) in [5, 5.41) is 0. The maximum atomic E-state index is 13.1. The van der Waals surface area contributed by atoms with Gasteiger partial charge in [-0.25, -0.2) is 16.8 Å². The van der Waals surface area contributed by atoms with Crippen LogP contribution in [0.15, 0.2) is 64.4 Å². The molecular weight excluding hydrogens is 456 g/mol. The smallest absolute Gasteiger partial charge is 0.262 e. The summed E-state index contributed by atoms with van der Waals surface area (Å²) >= 11 is 0. The Morgan fingerprint density at radius 2 is 1.39 bits per heavy atom. The molecule has 4 rings (SSSR count). The van der Waals surface area contributed by atoms with E-state index in [1.54, 1.807) is 50.2 Å². The van der Waals surface area contributed by atoms with Crippen LogP contribution in [0.3, 0.4) is 0 Å². The van der Waals surface area contributed by atoms with Crippen molar-refractivity contribution in [3.05, 3.63) is 88.0 Å². The monoisotopic (exact) mass is 484 g/mol. The first-order valence-electron chi connectivity index (χ1n) is 10.8. The fourth-order valence-corrected chi connectivity index (χ4v) is 7.38. The number of anilines is 1. The van der Waals surface area contributed by atoms with Crippen molar-refractivity contribution in [2.75, 3.05) is 11.3 Å². The number of fused-ring (bicyclic) bond motifs is 1. The predicted molar refractivity (Wildman–Crippen MR) is 130 cm³/mol. The molecule has 33 heavy (non-hydrogen) atoms. The molecule has 0 radical (unpaired) electrons. The van der Waals surface area contributed by atoms with Crippen molar-refractivity contribution in [2.24, 2.45) is 0 Å². The molecule has 1 aliphatic rings. The second kappa shape index (κ2) is 8.59. The third-order valence-corrected chi connectivity index (χ3v) is 9.51. The van der Waals surface area contributed by atoms with Gasteiger partial charge in [0, 0.05) is 18.8 Å². The number of nitrogens with one attached hydrogen (secondary N) is 1. The second-order valence-electron chi connectivity index (χ2n) is 8.72. The minimum atomic E-state index is -3.79. The van der Waals surface area contributed by atoms with Gasteiger partial charge in [-0.1, -0.05) is 41.5 Å². The van der Waals surface area contributed by atoms with E-state index in [1.165, 1.54) is 4.31 Å². The molecule has 3 aromatic carbocycles. The maximum absolute atomic E-state index is 13.1. The fraction of sp³-hybridized carbons (Fsp3) is 0.280. The van der Waals surface area contributed by atoms with Gasteiger partial charge in [-0.3, -0.25) is 4.72 Å². The van der Waals surface area contributed by atoms with E-state index in [-0.39, 0.29) is 16.3 Å². The van der Waals surface area contributed by atoms with Crippen molar-refractivity contribution in [3.63, 3.8) is 0 Å². The molecule has 0 amide bonds. The zero-order valence-corrected chi connectivity index (χ0v) is 20.8. The summed E-state index contributed by atoms with van der Waals surface area (Å²) in [6, 6.07) is 15.9. The molecule has 0 aromatic heterocycles. The van der Waals surface area contributed by atoms with Crippen molar-refractivity contribution >= 4 is 25.7 Å². The maximum Gasteiger partial charge on any atom is 0.262 e. The number of hydrogen-bond donors (Lipinski definition) is 1.